The van der Waals surface area contributed by atoms with Crippen molar-refractivity contribution in [2.24, 2.45) is 0 Å². The molecule has 2 rings (SSSR count). The van der Waals surface area contributed by atoms with Gasteiger partial charge in [0.1, 0.15) is 11.6 Å². The number of anilines is 1. The van der Waals surface area contributed by atoms with Gasteiger partial charge in [-0.3, -0.25) is 0 Å². The number of hydrogen-bond acceptors (Lipinski definition) is 4. The van der Waals surface area contributed by atoms with Gasteiger partial charge in [0, 0.05) is 18.9 Å². The van der Waals surface area contributed by atoms with Crippen LogP contribution in [0.2, 0.25) is 0 Å². The zero-order chi connectivity index (χ0) is 14.0. The molecule has 0 spiro atoms. The van der Waals surface area contributed by atoms with Crippen LogP contribution in [-0.2, 0) is 0 Å². The van der Waals surface area contributed by atoms with Crippen molar-refractivity contribution < 1.29 is 13.9 Å². The van der Waals surface area contributed by atoms with Gasteiger partial charge in [-0.1, -0.05) is 13.8 Å². The minimum Gasteiger partial charge on any atom is -0.385 e. The average Bonchev–Trinajstić information content (AvgIpc) is 2.80. The molecule has 2 heterocycles. The second kappa shape index (κ2) is 5.48. The number of aliphatic hydroxyl groups is 1. The average molecular weight is 270 g/mol. The van der Waals surface area contributed by atoms with Crippen molar-refractivity contribution in [2.45, 2.75) is 32.3 Å². The summed E-state index contributed by atoms with van der Waals surface area (Å²) >= 11 is 0. The molecule has 0 saturated heterocycles. The van der Waals surface area contributed by atoms with E-state index in [1.165, 1.54) is 6.20 Å². The highest BCUT2D eigenvalue weighted by Gasteiger charge is 2.17. The third-order valence-electron chi connectivity index (χ3n) is 2.77. The zero-order valence-corrected chi connectivity index (χ0v) is 10.7. The van der Waals surface area contributed by atoms with Gasteiger partial charge in [-0.2, -0.15) is 5.10 Å². The Morgan fingerprint density at radius 1 is 1.42 bits per heavy atom. The van der Waals surface area contributed by atoms with Crippen molar-refractivity contribution in [1.82, 2.24) is 14.6 Å². The third kappa shape index (κ3) is 2.98. The Bertz CT molecular complexity index is 556. The predicted molar refractivity (Wildman–Crippen MR) is 67.6 cm³/mol. The standard InChI is InChI=1S/C12H16F2N4O/c1-7(2)8-5-9-12(15-3-4-18(9)17-8)16-6-10(19)11(13)14/h3-5,7,10-11,19H,6H2,1-2H3,(H,15,16). The number of nitrogens with zero attached hydrogens (tertiary/aromatic N) is 3. The topological polar surface area (TPSA) is 62.5 Å². The lowest BCUT2D eigenvalue weighted by atomic mass is 10.1. The van der Waals surface area contributed by atoms with Crippen LogP contribution in [0.5, 0.6) is 0 Å². The lowest BCUT2D eigenvalue weighted by molar-refractivity contribution is 0.00382. The Hall–Kier alpha value is -1.76. The second-order valence-corrected chi connectivity index (χ2v) is 4.61. The lowest BCUT2D eigenvalue weighted by Crippen LogP contribution is -2.27. The van der Waals surface area contributed by atoms with Gasteiger partial charge in [0.25, 0.3) is 6.43 Å². The molecule has 0 fully saturated rings. The number of fused-ring (bicyclic) bond motifs is 1. The molecule has 0 radical (unpaired) electrons. The summed E-state index contributed by atoms with van der Waals surface area (Å²) in [5.41, 5.74) is 1.60. The van der Waals surface area contributed by atoms with Crippen LogP contribution in [0, 0.1) is 0 Å². The van der Waals surface area contributed by atoms with Crippen molar-refractivity contribution in [1.29, 1.82) is 0 Å². The molecule has 0 aliphatic carbocycles. The van der Waals surface area contributed by atoms with E-state index in [-0.39, 0.29) is 12.5 Å². The molecular formula is C12H16F2N4O. The quantitative estimate of drug-likeness (QED) is 0.871. The van der Waals surface area contributed by atoms with Gasteiger partial charge in [0.15, 0.2) is 5.82 Å². The van der Waals surface area contributed by atoms with Crippen molar-refractivity contribution in [3.63, 3.8) is 0 Å². The van der Waals surface area contributed by atoms with E-state index in [1.807, 2.05) is 19.9 Å². The van der Waals surface area contributed by atoms with Crippen LogP contribution >= 0.6 is 0 Å². The Labute approximate surface area is 109 Å². The van der Waals surface area contributed by atoms with Crippen LogP contribution < -0.4 is 5.32 Å². The molecule has 7 heteroatoms. The molecule has 1 atom stereocenters. The Balaban J connectivity index is 2.23. The van der Waals surface area contributed by atoms with Gasteiger partial charge < -0.3 is 10.4 Å². The van der Waals surface area contributed by atoms with E-state index in [9.17, 15) is 8.78 Å². The Kier molecular flexibility index (Phi) is 3.94. The summed E-state index contributed by atoms with van der Waals surface area (Å²) in [7, 11) is 0. The van der Waals surface area contributed by atoms with Crippen LogP contribution in [0.15, 0.2) is 18.5 Å². The molecule has 1 unspecified atom stereocenters. The summed E-state index contributed by atoms with van der Waals surface area (Å²) in [5, 5.41) is 16.2. The van der Waals surface area contributed by atoms with Crippen LogP contribution in [0.1, 0.15) is 25.5 Å². The monoisotopic (exact) mass is 270 g/mol. The highest BCUT2D eigenvalue weighted by atomic mass is 19.3. The molecule has 0 saturated carbocycles. The van der Waals surface area contributed by atoms with Crippen molar-refractivity contribution in [3.8, 4) is 0 Å². The molecule has 2 aromatic rings. The molecule has 19 heavy (non-hydrogen) atoms. The Morgan fingerprint density at radius 2 is 2.16 bits per heavy atom. The predicted octanol–water partition coefficient (Wildman–Crippen LogP) is 1.89. The van der Waals surface area contributed by atoms with E-state index < -0.39 is 12.5 Å². The fraction of sp³-hybridized carbons (Fsp3) is 0.500. The lowest BCUT2D eigenvalue weighted by Gasteiger charge is -2.11. The van der Waals surface area contributed by atoms with Gasteiger partial charge in [-0.15, -0.1) is 0 Å². The number of hydrogen-bond donors (Lipinski definition) is 2. The molecular weight excluding hydrogens is 254 g/mol. The number of alkyl halides is 2. The number of aromatic nitrogens is 3. The fourth-order valence-corrected chi connectivity index (χ4v) is 1.65. The van der Waals surface area contributed by atoms with Crippen molar-refractivity contribution in [2.75, 3.05) is 11.9 Å². The summed E-state index contributed by atoms with van der Waals surface area (Å²) < 4.78 is 26.1. The third-order valence-corrected chi connectivity index (χ3v) is 2.77. The first-order valence-corrected chi connectivity index (χ1v) is 6.03. The van der Waals surface area contributed by atoms with Crippen molar-refractivity contribution >= 4 is 11.3 Å². The maximum atomic E-state index is 12.2. The molecule has 2 N–H and O–H groups in total. The summed E-state index contributed by atoms with van der Waals surface area (Å²) in [5.74, 6) is 0.695. The minimum atomic E-state index is -2.77. The van der Waals surface area contributed by atoms with E-state index in [1.54, 1.807) is 10.7 Å². The number of aliphatic hydroxyl groups excluding tert-OH is 1. The Morgan fingerprint density at radius 3 is 2.79 bits per heavy atom. The normalized spacial score (nSPS) is 13.4. The number of halogens is 2. The second-order valence-electron chi connectivity index (χ2n) is 4.61. The first-order chi connectivity index (χ1) is 8.99. The van der Waals surface area contributed by atoms with Crippen molar-refractivity contribution in [3.05, 3.63) is 24.2 Å². The summed E-state index contributed by atoms with van der Waals surface area (Å²) in [6.45, 7) is 3.78. The zero-order valence-electron chi connectivity index (χ0n) is 10.7. The fourth-order valence-electron chi connectivity index (χ4n) is 1.65. The molecule has 104 valence electrons. The van der Waals surface area contributed by atoms with E-state index >= 15 is 0 Å². The minimum absolute atomic E-state index is 0.257. The molecule has 0 aromatic carbocycles. The highest BCUT2D eigenvalue weighted by Crippen LogP contribution is 2.19. The highest BCUT2D eigenvalue weighted by molar-refractivity contribution is 5.67. The van der Waals surface area contributed by atoms with Crippen LogP contribution in [0.3, 0.4) is 0 Å². The van der Waals surface area contributed by atoms with Gasteiger partial charge in [-0.05, 0) is 12.0 Å². The number of nitrogens with one attached hydrogen (secondary N) is 1. The molecule has 0 bridgehead atoms. The summed E-state index contributed by atoms with van der Waals surface area (Å²) in [4.78, 5) is 4.08. The van der Waals surface area contributed by atoms with E-state index in [0.717, 1.165) is 5.69 Å². The number of rotatable bonds is 5. The van der Waals surface area contributed by atoms with Gasteiger partial charge in [-0.25, -0.2) is 18.3 Å². The van der Waals surface area contributed by atoms with Gasteiger partial charge in [0.05, 0.1) is 5.69 Å². The van der Waals surface area contributed by atoms with E-state index in [4.69, 9.17) is 5.11 Å². The summed E-state index contributed by atoms with van der Waals surface area (Å²) in [6.07, 6.45) is -1.27. The van der Waals surface area contributed by atoms with E-state index in [0.29, 0.717) is 11.3 Å². The SMILES string of the molecule is CC(C)c1cc2c(NCC(O)C(F)F)nccn2n1. The van der Waals surface area contributed by atoms with Gasteiger partial charge >= 0.3 is 0 Å². The first-order valence-electron chi connectivity index (χ1n) is 6.03. The summed E-state index contributed by atoms with van der Waals surface area (Å²) in [6, 6.07) is 1.86. The molecule has 0 aliphatic rings. The first kappa shape index (κ1) is 13.7. The molecule has 0 aliphatic heterocycles. The molecule has 2 aromatic heterocycles. The largest absolute Gasteiger partial charge is 0.385 e. The van der Waals surface area contributed by atoms with Gasteiger partial charge in [0.2, 0.25) is 0 Å². The van der Waals surface area contributed by atoms with Crippen LogP contribution in [-0.4, -0.2) is 38.8 Å². The maximum Gasteiger partial charge on any atom is 0.265 e. The smallest absolute Gasteiger partial charge is 0.265 e. The van der Waals surface area contributed by atoms with E-state index in [2.05, 4.69) is 15.4 Å². The van der Waals surface area contributed by atoms with Crippen LogP contribution in [0.25, 0.3) is 5.52 Å². The molecule has 0 amide bonds. The van der Waals surface area contributed by atoms with Crippen LogP contribution in [0.4, 0.5) is 14.6 Å². The maximum absolute atomic E-state index is 12.2. The molecule has 5 nitrogen and oxygen atoms in total.